The van der Waals surface area contributed by atoms with Crippen molar-refractivity contribution in [3.8, 4) is 11.3 Å². The fourth-order valence-corrected chi connectivity index (χ4v) is 3.37. The van der Waals surface area contributed by atoms with Crippen molar-refractivity contribution in [3.05, 3.63) is 53.9 Å². The van der Waals surface area contributed by atoms with E-state index in [9.17, 15) is 18.0 Å². The van der Waals surface area contributed by atoms with Gasteiger partial charge in [0.25, 0.3) is 5.91 Å². The monoisotopic (exact) mass is 374 g/mol. The summed E-state index contributed by atoms with van der Waals surface area (Å²) in [6.07, 6.45) is -0.796. The van der Waals surface area contributed by atoms with Crippen LogP contribution in [0.25, 0.3) is 16.9 Å². The van der Waals surface area contributed by atoms with Crippen molar-refractivity contribution in [2.75, 3.05) is 0 Å². The minimum absolute atomic E-state index is 0.0137. The number of halogens is 3. The van der Waals surface area contributed by atoms with Gasteiger partial charge in [0.2, 0.25) is 0 Å². The maximum absolute atomic E-state index is 13.6. The molecule has 4 rings (SSSR count). The Labute approximate surface area is 153 Å². The van der Waals surface area contributed by atoms with Crippen LogP contribution in [0.2, 0.25) is 0 Å². The van der Waals surface area contributed by atoms with Crippen molar-refractivity contribution in [1.29, 1.82) is 0 Å². The molecule has 0 atom stereocenters. The molecule has 1 aliphatic rings. The number of nitrogens with one attached hydrogen (secondary N) is 1. The van der Waals surface area contributed by atoms with Crippen LogP contribution in [0.4, 0.5) is 13.2 Å². The summed E-state index contributed by atoms with van der Waals surface area (Å²) in [6, 6.07) is 10.9. The standard InChI is InChI=1S/C19H17F3N4O/c20-19(21,22)16-10-14(12-6-2-1-3-7-12)24-17-11-15(25-26(16)17)18(27)23-13-8-4-5-9-13/h1-3,6-7,10-11,13H,4-5,8-9H2,(H,23,27). The van der Waals surface area contributed by atoms with E-state index in [4.69, 9.17) is 0 Å². The molecule has 5 nitrogen and oxygen atoms in total. The number of aromatic nitrogens is 3. The van der Waals surface area contributed by atoms with Crippen LogP contribution in [-0.4, -0.2) is 26.5 Å². The quantitative estimate of drug-likeness (QED) is 0.751. The molecule has 0 bridgehead atoms. The Hall–Kier alpha value is -2.90. The lowest BCUT2D eigenvalue weighted by Gasteiger charge is -2.11. The first kappa shape index (κ1) is 17.5. The van der Waals surface area contributed by atoms with E-state index in [2.05, 4.69) is 15.4 Å². The summed E-state index contributed by atoms with van der Waals surface area (Å²) in [7, 11) is 0. The average molecular weight is 374 g/mol. The van der Waals surface area contributed by atoms with E-state index < -0.39 is 17.8 Å². The first-order valence-corrected chi connectivity index (χ1v) is 8.76. The van der Waals surface area contributed by atoms with Crippen LogP contribution in [-0.2, 0) is 6.18 Å². The summed E-state index contributed by atoms with van der Waals surface area (Å²) in [4.78, 5) is 16.7. The Kier molecular flexibility index (Phi) is 4.33. The van der Waals surface area contributed by atoms with Gasteiger partial charge in [-0.3, -0.25) is 4.79 Å². The van der Waals surface area contributed by atoms with E-state index in [0.717, 1.165) is 31.7 Å². The Morgan fingerprint density at radius 1 is 1.11 bits per heavy atom. The second kappa shape index (κ2) is 6.68. The number of hydrogen-bond acceptors (Lipinski definition) is 3. The number of nitrogens with zero attached hydrogens (tertiary/aromatic N) is 3. The zero-order valence-corrected chi connectivity index (χ0v) is 14.3. The smallest absolute Gasteiger partial charge is 0.348 e. The number of carbonyl (C=O) groups excluding carboxylic acids is 1. The van der Waals surface area contributed by atoms with Gasteiger partial charge < -0.3 is 5.32 Å². The normalized spacial score (nSPS) is 15.4. The van der Waals surface area contributed by atoms with Crippen molar-refractivity contribution in [3.63, 3.8) is 0 Å². The Balaban J connectivity index is 1.77. The molecule has 27 heavy (non-hydrogen) atoms. The molecular weight excluding hydrogens is 357 g/mol. The van der Waals surface area contributed by atoms with Gasteiger partial charge in [-0.1, -0.05) is 43.2 Å². The highest BCUT2D eigenvalue weighted by Crippen LogP contribution is 2.32. The SMILES string of the molecule is O=C(NC1CCCC1)c1cc2nc(-c3ccccc3)cc(C(F)(F)F)n2n1. The summed E-state index contributed by atoms with van der Waals surface area (Å²) >= 11 is 0. The molecule has 0 radical (unpaired) electrons. The van der Waals surface area contributed by atoms with Gasteiger partial charge in [0, 0.05) is 17.7 Å². The lowest BCUT2D eigenvalue weighted by Crippen LogP contribution is -2.32. The molecule has 1 aliphatic carbocycles. The van der Waals surface area contributed by atoms with Crippen LogP contribution in [0, 0.1) is 0 Å². The van der Waals surface area contributed by atoms with Gasteiger partial charge in [-0.25, -0.2) is 9.50 Å². The lowest BCUT2D eigenvalue weighted by molar-refractivity contribution is -0.142. The van der Waals surface area contributed by atoms with Gasteiger partial charge >= 0.3 is 6.18 Å². The van der Waals surface area contributed by atoms with Gasteiger partial charge in [0.15, 0.2) is 17.0 Å². The number of rotatable bonds is 3. The number of alkyl halides is 3. The summed E-state index contributed by atoms with van der Waals surface area (Å²) in [6.45, 7) is 0. The molecule has 1 amide bonds. The minimum Gasteiger partial charge on any atom is -0.348 e. The van der Waals surface area contributed by atoms with E-state index >= 15 is 0 Å². The molecule has 0 spiro atoms. The summed E-state index contributed by atoms with van der Waals surface area (Å²) in [5.41, 5.74) is -0.307. The van der Waals surface area contributed by atoms with Crippen LogP contribution in [0.5, 0.6) is 0 Å². The largest absolute Gasteiger partial charge is 0.433 e. The number of carbonyl (C=O) groups is 1. The third kappa shape index (κ3) is 3.51. The van der Waals surface area contributed by atoms with Crippen LogP contribution < -0.4 is 5.32 Å². The predicted molar refractivity (Wildman–Crippen MR) is 93.1 cm³/mol. The summed E-state index contributed by atoms with van der Waals surface area (Å²) < 4.78 is 41.4. The molecule has 3 aromatic rings. The maximum Gasteiger partial charge on any atom is 0.433 e. The average Bonchev–Trinajstić information content (AvgIpc) is 3.29. The molecule has 1 saturated carbocycles. The summed E-state index contributed by atoms with van der Waals surface area (Å²) in [5, 5.41) is 6.71. The first-order chi connectivity index (χ1) is 12.9. The van der Waals surface area contributed by atoms with E-state index in [1.807, 2.05) is 0 Å². The molecule has 2 heterocycles. The zero-order valence-electron chi connectivity index (χ0n) is 14.3. The van der Waals surface area contributed by atoms with E-state index in [0.29, 0.717) is 10.1 Å². The highest BCUT2D eigenvalue weighted by atomic mass is 19.4. The van der Waals surface area contributed by atoms with Crippen molar-refractivity contribution in [2.24, 2.45) is 0 Å². The molecule has 1 fully saturated rings. The van der Waals surface area contributed by atoms with Gasteiger partial charge in [0.05, 0.1) is 5.69 Å². The third-order valence-electron chi connectivity index (χ3n) is 4.71. The van der Waals surface area contributed by atoms with E-state index in [1.165, 1.54) is 6.07 Å². The van der Waals surface area contributed by atoms with Gasteiger partial charge in [-0.05, 0) is 18.9 Å². The van der Waals surface area contributed by atoms with Gasteiger partial charge in [-0.15, -0.1) is 0 Å². The number of hydrogen-bond donors (Lipinski definition) is 1. The fraction of sp³-hybridized carbons (Fsp3) is 0.316. The minimum atomic E-state index is -4.63. The molecule has 0 saturated heterocycles. The Bertz CT molecular complexity index is 976. The van der Waals surface area contributed by atoms with Crippen LogP contribution in [0.1, 0.15) is 41.9 Å². The molecule has 0 unspecified atom stereocenters. The molecular formula is C19H17F3N4O. The number of fused-ring (bicyclic) bond motifs is 1. The number of benzene rings is 1. The number of amides is 1. The molecule has 0 aliphatic heterocycles. The van der Waals surface area contributed by atoms with Crippen molar-refractivity contribution < 1.29 is 18.0 Å². The maximum atomic E-state index is 13.6. The van der Waals surface area contributed by atoms with Crippen LogP contribution in [0.15, 0.2) is 42.5 Å². The van der Waals surface area contributed by atoms with Crippen LogP contribution in [0.3, 0.4) is 0 Å². The Morgan fingerprint density at radius 2 is 1.81 bits per heavy atom. The van der Waals surface area contributed by atoms with Crippen molar-refractivity contribution in [2.45, 2.75) is 37.9 Å². The van der Waals surface area contributed by atoms with E-state index in [1.54, 1.807) is 30.3 Å². The second-order valence-electron chi connectivity index (χ2n) is 6.64. The highest BCUT2D eigenvalue weighted by Gasteiger charge is 2.35. The van der Waals surface area contributed by atoms with Crippen molar-refractivity contribution in [1.82, 2.24) is 19.9 Å². The molecule has 1 aromatic carbocycles. The molecule has 8 heteroatoms. The topological polar surface area (TPSA) is 59.3 Å². The molecule has 1 N–H and O–H groups in total. The Morgan fingerprint density at radius 3 is 2.48 bits per heavy atom. The van der Waals surface area contributed by atoms with E-state index in [-0.39, 0.29) is 23.1 Å². The molecule has 140 valence electrons. The zero-order chi connectivity index (χ0) is 19.0. The first-order valence-electron chi connectivity index (χ1n) is 8.76. The van der Waals surface area contributed by atoms with Gasteiger partial charge in [-0.2, -0.15) is 18.3 Å². The summed E-state index contributed by atoms with van der Waals surface area (Å²) in [5.74, 6) is -0.471. The van der Waals surface area contributed by atoms with Crippen molar-refractivity contribution >= 4 is 11.6 Å². The second-order valence-corrected chi connectivity index (χ2v) is 6.64. The fourth-order valence-electron chi connectivity index (χ4n) is 3.37. The lowest BCUT2D eigenvalue weighted by atomic mass is 10.1. The van der Waals surface area contributed by atoms with Gasteiger partial charge in [0.1, 0.15) is 0 Å². The predicted octanol–water partition coefficient (Wildman–Crippen LogP) is 4.09. The molecule has 2 aromatic heterocycles. The highest BCUT2D eigenvalue weighted by molar-refractivity contribution is 5.93. The third-order valence-corrected chi connectivity index (χ3v) is 4.71. The van der Waals surface area contributed by atoms with Crippen LogP contribution >= 0.6 is 0 Å².